The third-order valence-electron chi connectivity index (χ3n) is 1.93. The maximum absolute atomic E-state index is 12.8. The number of amides is 1. The van der Waals surface area contributed by atoms with E-state index in [1.807, 2.05) is 10.4 Å². The molecule has 0 aliphatic heterocycles. The Kier molecular flexibility index (Phi) is 3.95. The second kappa shape index (κ2) is 5.21. The van der Waals surface area contributed by atoms with E-state index >= 15 is 0 Å². The van der Waals surface area contributed by atoms with E-state index in [0.717, 1.165) is 10.8 Å². The highest BCUT2D eigenvalue weighted by Crippen LogP contribution is 1.92. The van der Waals surface area contributed by atoms with Crippen molar-refractivity contribution < 1.29 is 9.18 Å². The van der Waals surface area contributed by atoms with Gasteiger partial charge in [0.2, 0.25) is 11.7 Å². The van der Waals surface area contributed by atoms with Crippen molar-refractivity contribution in [3.63, 3.8) is 0 Å². The van der Waals surface area contributed by atoms with Gasteiger partial charge in [0.1, 0.15) is 0 Å². The summed E-state index contributed by atoms with van der Waals surface area (Å²) in [6, 6.07) is 0. The summed E-state index contributed by atoms with van der Waals surface area (Å²) in [5.74, 6) is 3.43. The first-order valence-electron chi connectivity index (χ1n) is 4.53. The van der Waals surface area contributed by atoms with Gasteiger partial charge in [0.05, 0.1) is 6.20 Å². The van der Waals surface area contributed by atoms with Crippen LogP contribution < -0.4 is 22.5 Å². The van der Waals surface area contributed by atoms with Gasteiger partial charge in [-0.25, -0.2) is 10.6 Å². The summed E-state index contributed by atoms with van der Waals surface area (Å²) < 4.78 is 13.8. The van der Waals surface area contributed by atoms with Gasteiger partial charge in [-0.1, -0.05) is 0 Å². The van der Waals surface area contributed by atoms with Crippen LogP contribution in [-0.2, 0) is 11.3 Å². The van der Waals surface area contributed by atoms with Crippen molar-refractivity contribution in [1.82, 2.24) is 15.0 Å². The van der Waals surface area contributed by atoms with Crippen molar-refractivity contribution in [2.24, 2.45) is 5.84 Å². The van der Waals surface area contributed by atoms with Gasteiger partial charge in [-0.2, -0.15) is 4.39 Å². The van der Waals surface area contributed by atoms with Crippen LogP contribution in [0.3, 0.4) is 0 Å². The Morgan fingerprint density at radius 3 is 2.88 bits per heavy atom. The number of nitrogens with zero attached hydrogens (tertiary/aromatic N) is 1. The van der Waals surface area contributed by atoms with Crippen molar-refractivity contribution in [3.8, 4) is 0 Å². The molecule has 0 aliphatic rings. The van der Waals surface area contributed by atoms with E-state index < -0.39 is 17.1 Å². The molecule has 1 amide bonds. The summed E-state index contributed by atoms with van der Waals surface area (Å²) in [6.45, 7) is 0.125. The number of hydrogen-bond acceptors (Lipinski definition) is 4. The molecule has 8 heteroatoms. The van der Waals surface area contributed by atoms with Crippen LogP contribution in [-0.4, -0.2) is 15.5 Å². The molecule has 0 radical (unpaired) electrons. The molecular weight excluding hydrogens is 219 g/mol. The maximum Gasteiger partial charge on any atom is 0.328 e. The fraction of sp³-hybridized carbons (Fsp3) is 0.375. The van der Waals surface area contributed by atoms with Crippen LogP contribution in [0.4, 0.5) is 4.39 Å². The molecule has 0 saturated heterocycles. The fourth-order valence-electron chi connectivity index (χ4n) is 1.13. The molecule has 16 heavy (non-hydrogen) atoms. The molecular formula is C8H11FN4O3. The predicted octanol–water partition coefficient (Wildman–Crippen LogP) is -1.55. The number of halogens is 1. The second-order valence-electron chi connectivity index (χ2n) is 3.10. The van der Waals surface area contributed by atoms with Gasteiger partial charge in [0.15, 0.2) is 0 Å². The first-order valence-corrected chi connectivity index (χ1v) is 4.53. The lowest BCUT2D eigenvalue weighted by molar-refractivity contribution is -0.121. The lowest BCUT2D eigenvalue weighted by Crippen LogP contribution is -2.32. The summed E-state index contributed by atoms with van der Waals surface area (Å²) in [7, 11) is 0. The molecule has 1 aromatic heterocycles. The molecule has 0 aromatic carbocycles. The average Bonchev–Trinajstić information content (AvgIpc) is 2.25. The molecule has 0 saturated carbocycles. The number of hydrazine groups is 1. The smallest absolute Gasteiger partial charge is 0.298 e. The lowest BCUT2D eigenvalue weighted by Gasteiger charge is -2.03. The van der Waals surface area contributed by atoms with Gasteiger partial charge in [-0.15, -0.1) is 0 Å². The van der Waals surface area contributed by atoms with Crippen LogP contribution >= 0.6 is 0 Å². The highest BCUT2D eigenvalue weighted by Gasteiger charge is 2.04. The molecule has 0 bridgehead atoms. The molecule has 0 unspecified atom stereocenters. The van der Waals surface area contributed by atoms with E-state index in [2.05, 4.69) is 0 Å². The van der Waals surface area contributed by atoms with Crippen molar-refractivity contribution in [2.45, 2.75) is 19.4 Å². The molecule has 7 nitrogen and oxygen atoms in total. The largest absolute Gasteiger partial charge is 0.328 e. The lowest BCUT2D eigenvalue weighted by atomic mass is 10.3. The Morgan fingerprint density at radius 1 is 1.56 bits per heavy atom. The maximum atomic E-state index is 12.8. The van der Waals surface area contributed by atoms with Gasteiger partial charge >= 0.3 is 5.69 Å². The number of hydrogen-bond donors (Lipinski definition) is 3. The number of aryl methyl sites for hydroxylation is 1. The first-order chi connectivity index (χ1) is 7.54. The summed E-state index contributed by atoms with van der Waals surface area (Å²) in [5, 5.41) is 0. The second-order valence-corrected chi connectivity index (χ2v) is 3.10. The van der Waals surface area contributed by atoms with E-state index in [-0.39, 0.29) is 18.9 Å². The summed E-state index contributed by atoms with van der Waals surface area (Å²) >= 11 is 0. The number of aromatic nitrogens is 2. The molecule has 1 rings (SSSR count). The number of carbonyl (C=O) groups excluding carboxylic acids is 1. The van der Waals surface area contributed by atoms with Crippen molar-refractivity contribution in [2.75, 3.05) is 0 Å². The highest BCUT2D eigenvalue weighted by molar-refractivity contribution is 5.74. The molecule has 88 valence electrons. The van der Waals surface area contributed by atoms with Crippen LogP contribution in [0.1, 0.15) is 12.8 Å². The zero-order chi connectivity index (χ0) is 12.1. The Hall–Kier alpha value is -1.96. The zero-order valence-electron chi connectivity index (χ0n) is 8.33. The highest BCUT2D eigenvalue weighted by atomic mass is 19.1. The summed E-state index contributed by atoms with van der Waals surface area (Å²) in [6.07, 6.45) is 1.24. The molecule has 1 aromatic rings. The van der Waals surface area contributed by atoms with Gasteiger partial charge in [-0.05, 0) is 6.42 Å². The van der Waals surface area contributed by atoms with Gasteiger partial charge in [-0.3, -0.25) is 24.6 Å². The molecule has 4 N–H and O–H groups in total. The van der Waals surface area contributed by atoms with E-state index in [1.54, 1.807) is 0 Å². The van der Waals surface area contributed by atoms with E-state index in [4.69, 9.17) is 5.84 Å². The van der Waals surface area contributed by atoms with Crippen LogP contribution in [0.2, 0.25) is 0 Å². The normalized spacial score (nSPS) is 10.1. The Morgan fingerprint density at radius 2 is 2.25 bits per heavy atom. The topological polar surface area (TPSA) is 110 Å². The van der Waals surface area contributed by atoms with Gasteiger partial charge in [0, 0.05) is 13.0 Å². The number of carbonyl (C=O) groups is 1. The third kappa shape index (κ3) is 3.02. The number of nitrogens with two attached hydrogens (primary N) is 1. The van der Waals surface area contributed by atoms with Crippen LogP contribution in [0.5, 0.6) is 0 Å². The van der Waals surface area contributed by atoms with Crippen molar-refractivity contribution >= 4 is 5.91 Å². The fourth-order valence-corrected chi connectivity index (χ4v) is 1.13. The molecule has 0 aliphatic carbocycles. The van der Waals surface area contributed by atoms with Crippen LogP contribution in [0, 0.1) is 5.82 Å². The van der Waals surface area contributed by atoms with Crippen LogP contribution in [0.25, 0.3) is 0 Å². The Balaban J connectivity index is 2.68. The molecule has 0 fully saturated rings. The number of rotatable bonds is 4. The minimum absolute atomic E-state index is 0.115. The average molecular weight is 230 g/mol. The van der Waals surface area contributed by atoms with Gasteiger partial charge in [0.25, 0.3) is 5.56 Å². The van der Waals surface area contributed by atoms with E-state index in [9.17, 15) is 18.8 Å². The first kappa shape index (κ1) is 12.1. The van der Waals surface area contributed by atoms with E-state index in [1.165, 1.54) is 0 Å². The van der Waals surface area contributed by atoms with Crippen molar-refractivity contribution in [3.05, 3.63) is 32.9 Å². The minimum atomic E-state index is -1.05. The van der Waals surface area contributed by atoms with E-state index in [0.29, 0.717) is 6.42 Å². The summed E-state index contributed by atoms with van der Waals surface area (Å²) in [5.41, 5.74) is 0.165. The molecule has 0 atom stereocenters. The predicted molar refractivity (Wildman–Crippen MR) is 52.8 cm³/mol. The Labute approximate surface area is 89.1 Å². The quantitative estimate of drug-likeness (QED) is 0.330. The Bertz CT molecular complexity index is 493. The molecule has 0 spiro atoms. The van der Waals surface area contributed by atoms with Gasteiger partial charge < -0.3 is 0 Å². The van der Waals surface area contributed by atoms with Crippen LogP contribution in [0.15, 0.2) is 15.8 Å². The van der Waals surface area contributed by atoms with Crippen molar-refractivity contribution in [1.29, 1.82) is 0 Å². The number of aromatic amines is 1. The SMILES string of the molecule is NNC(=O)CCCn1cc(F)c(=O)[nH]c1=O. The minimum Gasteiger partial charge on any atom is -0.298 e. The monoisotopic (exact) mass is 230 g/mol. The summed E-state index contributed by atoms with van der Waals surface area (Å²) in [4.78, 5) is 34.4. The standard InChI is InChI=1S/C8H11FN4O3/c9-5-4-13(8(16)11-7(5)15)3-1-2-6(14)12-10/h4H,1-3,10H2,(H,12,14)(H,11,15,16). The third-order valence-corrected chi connectivity index (χ3v) is 1.93. The zero-order valence-corrected chi connectivity index (χ0v) is 8.33. The number of nitrogens with one attached hydrogen (secondary N) is 2. The molecule has 1 heterocycles. The number of H-pyrrole nitrogens is 1.